The maximum Gasteiger partial charge on any atom is 0.212 e. The first-order valence-electron chi connectivity index (χ1n) is 6.72. The topological polar surface area (TPSA) is 63.2 Å². The number of Topliss-reactive ketones (excluding diaryl/α,β-unsaturated/α-hetero) is 1. The lowest BCUT2D eigenvalue weighted by atomic mass is 9.70. The molecule has 2 fully saturated rings. The molecule has 4 atom stereocenters. The summed E-state index contributed by atoms with van der Waals surface area (Å²) in [6.07, 6.45) is 1.72. The third kappa shape index (κ3) is 2.20. The van der Waals surface area contributed by atoms with E-state index in [1.165, 1.54) is 0 Å². The molecule has 0 saturated heterocycles. The van der Waals surface area contributed by atoms with Crippen molar-refractivity contribution in [2.75, 3.05) is 5.75 Å². The Morgan fingerprint density at radius 1 is 1.42 bits per heavy atom. The number of sulfonamides is 1. The Labute approximate surface area is 123 Å². The quantitative estimate of drug-likeness (QED) is 0.788. The van der Waals surface area contributed by atoms with Gasteiger partial charge in [0.1, 0.15) is 0 Å². The zero-order chi connectivity index (χ0) is 14.6. The number of ketones is 1. The molecule has 4 nitrogen and oxygen atoms in total. The Kier molecular flexibility index (Phi) is 3.68. The minimum Gasteiger partial charge on any atom is -0.298 e. The van der Waals surface area contributed by atoms with Crippen LogP contribution < -0.4 is 4.72 Å². The minimum atomic E-state index is -3.36. The molecular formula is C13H22BrNO3S. The molecule has 6 heteroatoms. The zero-order valence-electron chi connectivity index (χ0n) is 11.9. The maximum atomic E-state index is 12.4. The fraction of sp³-hybridized carbons (Fsp3) is 0.923. The first kappa shape index (κ1) is 15.4. The van der Waals surface area contributed by atoms with Gasteiger partial charge in [-0.2, -0.15) is 0 Å². The minimum absolute atomic E-state index is 0.0349. The van der Waals surface area contributed by atoms with Crippen LogP contribution in [0.3, 0.4) is 0 Å². The first-order chi connectivity index (χ1) is 8.53. The van der Waals surface area contributed by atoms with Gasteiger partial charge in [0.05, 0.1) is 10.6 Å². The summed E-state index contributed by atoms with van der Waals surface area (Å²) in [5, 5.41) is 0. The van der Waals surface area contributed by atoms with Crippen LogP contribution in [0.2, 0.25) is 0 Å². The molecule has 0 aromatic carbocycles. The van der Waals surface area contributed by atoms with E-state index in [-0.39, 0.29) is 28.3 Å². The molecule has 2 bridgehead atoms. The molecule has 2 aliphatic carbocycles. The molecule has 0 aliphatic heterocycles. The third-order valence-electron chi connectivity index (χ3n) is 5.09. The molecule has 0 amide bonds. The van der Waals surface area contributed by atoms with Crippen molar-refractivity contribution in [3.05, 3.63) is 0 Å². The predicted molar refractivity (Wildman–Crippen MR) is 78.7 cm³/mol. The SMILES string of the molecule is CC(C)NS(=O)(=O)C[C@@]1(C)[C@@H]2CC[C@@]1(C)C(=O)[C@@H]2Br. The smallest absolute Gasteiger partial charge is 0.212 e. The fourth-order valence-corrected chi connectivity index (χ4v) is 7.36. The molecular weight excluding hydrogens is 330 g/mol. The highest BCUT2D eigenvalue weighted by Gasteiger charge is 2.68. The molecule has 1 N–H and O–H groups in total. The molecule has 2 rings (SSSR count). The first-order valence-corrected chi connectivity index (χ1v) is 9.29. The Hall–Kier alpha value is 0.0600. The lowest BCUT2D eigenvalue weighted by Gasteiger charge is -2.36. The van der Waals surface area contributed by atoms with Crippen LogP contribution in [0.4, 0.5) is 0 Å². The molecule has 110 valence electrons. The van der Waals surface area contributed by atoms with Gasteiger partial charge in [-0.05, 0) is 38.0 Å². The van der Waals surface area contributed by atoms with Gasteiger partial charge in [-0.1, -0.05) is 29.8 Å². The van der Waals surface area contributed by atoms with Gasteiger partial charge < -0.3 is 0 Å². The Morgan fingerprint density at radius 3 is 2.42 bits per heavy atom. The van der Waals surface area contributed by atoms with Crippen molar-refractivity contribution < 1.29 is 13.2 Å². The number of carbonyl (C=O) groups excluding carboxylic acids is 1. The van der Waals surface area contributed by atoms with Gasteiger partial charge in [0.2, 0.25) is 10.0 Å². The van der Waals surface area contributed by atoms with E-state index >= 15 is 0 Å². The summed E-state index contributed by atoms with van der Waals surface area (Å²) in [6.45, 7) is 7.51. The van der Waals surface area contributed by atoms with Crippen LogP contribution >= 0.6 is 15.9 Å². The number of hydrogen-bond acceptors (Lipinski definition) is 3. The van der Waals surface area contributed by atoms with Crippen LogP contribution in [0.15, 0.2) is 0 Å². The standard InChI is InChI=1S/C13H22BrNO3S/c1-8(2)15-19(17,18)7-13(4)9-5-6-12(13,3)11(16)10(9)14/h8-10,15H,5-7H2,1-4H3/t9-,10-,12+,13+/m1/s1. The van der Waals surface area contributed by atoms with Crippen molar-refractivity contribution >= 4 is 31.7 Å². The van der Waals surface area contributed by atoms with Gasteiger partial charge in [-0.15, -0.1) is 0 Å². The summed E-state index contributed by atoms with van der Waals surface area (Å²) in [6, 6.07) is -0.115. The number of alkyl halides is 1. The molecule has 0 radical (unpaired) electrons. The average molecular weight is 352 g/mol. The molecule has 0 spiro atoms. The fourth-order valence-electron chi connectivity index (χ4n) is 3.88. The molecule has 0 heterocycles. The van der Waals surface area contributed by atoms with Crippen molar-refractivity contribution in [1.29, 1.82) is 0 Å². The van der Waals surface area contributed by atoms with E-state index in [4.69, 9.17) is 0 Å². The summed E-state index contributed by atoms with van der Waals surface area (Å²) in [7, 11) is -3.36. The number of rotatable bonds is 4. The number of halogens is 1. The van der Waals surface area contributed by atoms with Crippen molar-refractivity contribution in [2.24, 2.45) is 16.7 Å². The summed E-state index contributed by atoms with van der Waals surface area (Å²) in [5.74, 6) is 0.326. The van der Waals surface area contributed by atoms with Crippen LogP contribution in [0.5, 0.6) is 0 Å². The highest BCUT2D eigenvalue weighted by atomic mass is 79.9. The summed E-state index contributed by atoms with van der Waals surface area (Å²) >= 11 is 3.47. The van der Waals surface area contributed by atoms with Gasteiger partial charge in [-0.3, -0.25) is 4.79 Å². The lowest BCUT2D eigenvalue weighted by Crippen LogP contribution is -2.45. The average Bonchev–Trinajstić information content (AvgIpc) is 2.52. The van der Waals surface area contributed by atoms with Crippen LogP contribution in [-0.2, 0) is 14.8 Å². The molecule has 19 heavy (non-hydrogen) atoms. The van der Waals surface area contributed by atoms with Gasteiger partial charge in [0.25, 0.3) is 0 Å². The normalized spacial score (nSPS) is 42.3. The Balaban J connectivity index is 2.32. The van der Waals surface area contributed by atoms with Gasteiger partial charge in [0, 0.05) is 11.5 Å². The van der Waals surface area contributed by atoms with E-state index < -0.39 is 20.9 Å². The monoisotopic (exact) mass is 351 g/mol. The van der Waals surface area contributed by atoms with Crippen LogP contribution in [0, 0.1) is 16.7 Å². The molecule has 0 aromatic heterocycles. The summed E-state index contributed by atoms with van der Waals surface area (Å²) < 4.78 is 27.1. The molecule has 0 unspecified atom stereocenters. The second-order valence-corrected chi connectivity index (χ2v) is 9.43. The van der Waals surface area contributed by atoms with Crippen molar-refractivity contribution in [3.63, 3.8) is 0 Å². The van der Waals surface area contributed by atoms with E-state index in [1.54, 1.807) is 0 Å². The van der Waals surface area contributed by atoms with Gasteiger partial charge >= 0.3 is 0 Å². The number of carbonyl (C=O) groups is 1. The largest absolute Gasteiger partial charge is 0.298 e. The van der Waals surface area contributed by atoms with E-state index in [0.717, 1.165) is 12.8 Å². The van der Waals surface area contributed by atoms with E-state index in [9.17, 15) is 13.2 Å². The molecule has 0 aromatic rings. The molecule has 2 saturated carbocycles. The zero-order valence-corrected chi connectivity index (χ0v) is 14.3. The second kappa shape index (κ2) is 4.53. The van der Waals surface area contributed by atoms with Crippen molar-refractivity contribution in [2.45, 2.75) is 51.4 Å². The highest BCUT2D eigenvalue weighted by molar-refractivity contribution is 9.10. The Bertz CT molecular complexity index is 504. The summed E-state index contributed by atoms with van der Waals surface area (Å²) in [4.78, 5) is 12.2. The number of hydrogen-bond donors (Lipinski definition) is 1. The highest BCUT2D eigenvalue weighted by Crippen LogP contribution is 2.65. The van der Waals surface area contributed by atoms with Crippen LogP contribution in [-0.4, -0.2) is 30.8 Å². The Morgan fingerprint density at radius 2 is 2.00 bits per heavy atom. The van der Waals surface area contributed by atoms with E-state index in [0.29, 0.717) is 0 Å². The van der Waals surface area contributed by atoms with Crippen LogP contribution in [0.1, 0.15) is 40.5 Å². The maximum absolute atomic E-state index is 12.4. The summed E-state index contributed by atoms with van der Waals surface area (Å²) in [5.41, 5.74) is -0.990. The van der Waals surface area contributed by atoms with E-state index in [1.807, 2.05) is 27.7 Å². The number of nitrogens with one attached hydrogen (secondary N) is 1. The molecule has 2 aliphatic rings. The third-order valence-corrected chi connectivity index (χ3v) is 7.95. The second-order valence-electron chi connectivity index (χ2n) is 6.69. The van der Waals surface area contributed by atoms with E-state index in [2.05, 4.69) is 20.7 Å². The van der Waals surface area contributed by atoms with Crippen LogP contribution in [0.25, 0.3) is 0 Å². The van der Waals surface area contributed by atoms with Crippen molar-refractivity contribution in [1.82, 2.24) is 4.72 Å². The lowest BCUT2D eigenvalue weighted by molar-refractivity contribution is -0.127. The van der Waals surface area contributed by atoms with Gasteiger partial charge in [0.15, 0.2) is 5.78 Å². The predicted octanol–water partition coefficient (Wildman–Crippen LogP) is 2.08. The van der Waals surface area contributed by atoms with Crippen molar-refractivity contribution in [3.8, 4) is 0 Å². The number of fused-ring (bicyclic) bond motifs is 2. The van der Waals surface area contributed by atoms with Gasteiger partial charge in [-0.25, -0.2) is 13.1 Å².